The monoisotopic (exact) mass is 108 g/mol. The molecular weight excluding hydrogens is 98.0 g/mol. The van der Waals surface area contributed by atoms with Crippen LogP contribution >= 0.6 is 0 Å². The van der Waals surface area contributed by atoms with Crippen LogP contribution in [0.25, 0.3) is 0 Å². The summed E-state index contributed by atoms with van der Waals surface area (Å²) < 4.78 is 0. The molecule has 0 aromatic heterocycles. The van der Waals surface area contributed by atoms with Crippen LogP contribution in [0.1, 0.15) is 20.8 Å². The minimum atomic E-state index is -0.500. The molecular formula is C4H10AlLiO. The summed E-state index contributed by atoms with van der Waals surface area (Å²) in [5, 5.41) is 8.52. The van der Waals surface area contributed by atoms with Gasteiger partial charge in [-0.05, 0) is 20.8 Å². The van der Waals surface area contributed by atoms with Crippen LogP contribution in [0.4, 0.5) is 0 Å². The minimum absolute atomic E-state index is 0. The van der Waals surface area contributed by atoms with Gasteiger partial charge in [0.25, 0.3) is 0 Å². The average molecular weight is 108 g/mol. The van der Waals surface area contributed by atoms with Crippen molar-refractivity contribution in [3.63, 3.8) is 0 Å². The van der Waals surface area contributed by atoms with E-state index in [1.807, 2.05) is 0 Å². The molecule has 0 aromatic rings. The third-order valence-electron chi connectivity index (χ3n) is 0. The Labute approximate surface area is 67.8 Å². The summed E-state index contributed by atoms with van der Waals surface area (Å²) in [6, 6.07) is 0. The van der Waals surface area contributed by atoms with Crippen LogP contribution in [0, 0.1) is 0 Å². The van der Waals surface area contributed by atoms with E-state index in [1.165, 1.54) is 0 Å². The molecule has 0 aliphatic rings. The van der Waals surface area contributed by atoms with Crippen molar-refractivity contribution >= 4 is 36.2 Å². The van der Waals surface area contributed by atoms with E-state index in [2.05, 4.69) is 0 Å². The second-order valence-electron chi connectivity index (χ2n) is 2.17. The van der Waals surface area contributed by atoms with Gasteiger partial charge in [-0.3, -0.25) is 0 Å². The second kappa shape index (κ2) is 5.23. The van der Waals surface area contributed by atoms with Crippen LogP contribution in [0.15, 0.2) is 0 Å². The molecule has 0 heterocycles. The summed E-state index contributed by atoms with van der Waals surface area (Å²) >= 11 is 0. The molecule has 1 nitrogen and oxygen atoms in total. The Kier molecular flexibility index (Phi) is 11.7. The molecule has 0 aliphatic carbocycles. The predicted molar refractivity (Wildman–Crippen MR) is 33.5 cm³/mol. The zero-order chi connectivity index (χ0) is 4.50. The largest absolute Gasteiger partial charge is 0.391 e. The van der Waals surface area contributed by atoms with Crippen molar-refractivity contribution in [3.8, 4) is 0 Å². The number of aliphatic hydroxyl groups is 1. The standard InChI is InChI=1S/C4H10O.Al.Li/c1-4(2,3)5;;/h5H,1-3H3;;. The quantitative estimate of drug-likeness (QED) is 0.433. The molecule has 36 valence electrons. The Bertz CT molecular complexity index is 27.2. The molecule has 0 rings (SSSR count). The van der Waals surface area contributed by atoms with E-state index < -0.39 is 5.60 Å². The SMILES string of the molecule is CC(C)(C)O.[Al].[Li]. The molecule has 0 spiro atoms. The molecule has 0 amide bonds. The van der Waals surface area contributed by atoms with Gasteiger partial charge in [-0.25, -0.2) is 0 Å². The molecule has 0 saturated heterocycles. The molecule has 0 bridgehead atoms. The van der Waals surface area contributed by atoms with E-state index in [0.29, 0.717) is 0 Å². The van der Waals surface area contributed by atoms with E-state index >= 15 is 0 Å². The Morgan fingerprint density at radius 1 is 1.14 bits per heavy atom. The van der Waals surface area contributed by atoms with Crippen molar-refractivity contribution in [1.29, 1.82) is 0 Å². The van der Waals surface area contributed by atoms with Gasteiger partial charge >= 0.3 is 0 Å². The molecule has 3 heteroatoms. The van der Waals surface area contributed by atoms with Crippen molar-refractivity contribution in [2.45, 2.75) is 26.4 Å². The fourth-order valence-electron chi connectivity index (χ4n) is 0. The molecule has 7 heavy (non-hydrogen) atoms. The normalized spacial score (nSPS) is 8.57. The van der Waals surface area contributed by atoms with Gasteiger partial charge < -0.3 is 5.11 Å². The molecule has 0 aliphatic heterocycles. The molecule has 1 N–H and O–H groups in total. The van der Waals surface area contributed by atoms with Gasteiger partial charge in [0.1, 0.15) is 0 Å². The zero-order valence-corrected chi connectivity index (χ0v) is 6.68. The van der Waals surface area contributed by atoms with Gasteiger partial charge in [-0.1, -0.05) is 0 Å². The molecule has 0 unspecified atom stereocenters. The van der Waals surface area contributed by atoms with Gasteiger partial charge in [0.15, 0.2) is 0 Å². The summed E-state index contributed by atoms with van der Waals surface area (Å²) in [6.07, 6.45) is 0. The Morgan fingerprint density at radius 3 is 1.14 bits per heavy atom. The predicted octanol–water partition coefficient (Wildman–Crippen LogP) is 0.0156. The average Bonchev–Trinajstić information content (AvgIpc) is 0.722. The Morgan fingerprint density at radius 2 is 1.14 bits per heavy atom. The number of rotatable bonds is 0. The Balaban J connectivity index is -0.0000000800. The van der Waals surface area contributed by atoms with E-state index in [9.17, 15) is 0 Å². The van der Waals surface area contributed by atoms with E-state index in [0.717, 1.165) is 0 Å². The second-order valence-corrected chi connectivity index (χ2v) is 2.17. The zero-order valence-electron chi connectivity index (χ0n) is 5.52. The van der Waals surface area contributed by atoms with Crippen LogP contribution in [0.3, 0.4) is 0 Å². The van der Waals surface area contributed by atoms with Gasteiger partial charge in [-0.2, -0.15) is 0 Å². The molecule has 4 radical (unpaired) electrons. The number of hydrogen-bond donors (Lipinski definition) is 1. The van der Waals surface area contributed by atoms with E-state index in [4.69, 9.17) is 5.11 Å². The van der Waals surface area contributed by atoms with Crippen molar-refractivity contribution in [2.75, 3.05) is 0 Å². The van der Waals surface area contributed by atoms with Gasteiger partial charge in [0, 0.05) is 36.2 Å². The molecule has 0 aromatic carbocycles. The van der Waals surface area contributed by atoms with Gasteiger partial charge in [0.2, 0.25) is 0 Å². The van der Waals surface area contributed by atoms with Gasteiger partial charge in [-0.15, -0.1) is 0 Å². The third-order valence-corrected chi connectivity index (χ3v) is 0. The van der Waals surface area contributed by atoms with Crippen LogP contribution in [-0.2, 0) is 0 Å². The van der Waals surface area contributed by atoms with Crippen LogP contribution in [0.2, 0.25) is 0 Å². The first kappa shape index (κ1) is 15.7. The summed E-state index contributed by atoms with van der Waals surface area (Å²) in [7, 11) is 0. The van der Waals surface area contributed by atoms with E-state index in [1.54, 1.807) is 20.8 Å². The molecule has 0 fully saturated rings. The van der Waals surface area contributed by atoms with Crippen LogP contribution < -0.4 is 0 Å². The molecule has 0 atom stereocenters. The fourth-order valence-corrected chi connectivity index (χ4v) is 0. The maximum Gasteiger partial charge on any atom is 0.0563 e. The summed E-state index contributed by atoms with van der Waals surface area (Å²) in [4.78, 5) is 0. The first-order chi connectivity index (χ1) is 2.00. The third kappa shape index (κ3) is 155. The van der Waals surface area contributed by atoms with Gasteiger partial charge in [0.05, 0.1) is 5.60 Å². The van der Waals surface area contributed by atoms with Crippen molar-refractivity contribution in [2.24, 2.45) is 0 Å². The minimum Gasteiger partial charge on any atom is -0.391 e. The Hall–Kier alpha value is 1.09. The number of hydrogen-bond acceptors (Lipinski definition) is 1. The summed E-state index contributed by atoms with van der Waals surface area (Å²) in [5.74, 6) is 0. The smallest absolute Gasteiger partial charge is 0.0563 e. The van der Waals surface area contributed by atoms with Crippen molar-refractivity contribution < 1.29 is 5.11 Å². The summed E-state index contributed by atoms with van der Waals surface area (Å²) in [6.45, 7) is 5.23. The first-order valence-electron chi connectivity index (χ1n) is 1.72. The summed E-state index contributed by atoms with van der Waals surface area (Å²) in [5.41, 5.74) is -0.500. The topological polar surface area (TPSA) is 20.2 Å². The van der Waals surface area contributed by atoms with E-state index in [-0.39, 0.29) is 36.2 Å². The molecule has 0 saturated carbocycles. The van der Waals surface area contributed by atoms with Crippen LogP contribution in [0.5, 0.6) is 0 Å². The first-order valence-corrected chi connectivity index (χ1v) is 1.72. The maximum atomic E-state index is 8.52. The van der Waals surface area contributed by atoms with Crippen LogP contribution in [-0.4, -0.2) is 46.9 Å². The van der Waals surface area contributed by atoms with Crippen molar-refractivity contribution in [1.82, 2.24) is 0 Å². The maximum absolute atomic E-state index is 8.52. The fraction of sp³-hybridized carbons (Fsp3) is 1.00. The van der Waals surface area contributed by atoms with Crippen molar-refractivity contribution in [3.05, 3.63) is 0 Å².